The van der Waals surface area contributed by atoms with E-state index in [0.29, 0.717) is 5.78 Å². The van der Waals surface area contributed by atoms with Gasteiger partial charge in [0.1, 0.15) is 5.78 Å². The molecule has 0 aromatic rings. The van der Waals surface area contributed by atoms with E-state index in [1.54, 1.807) is 18.7 Å². The summed E-state index contributed by atoms with van der Waals surface area (Å²) in [6.07, 6.45) is 0. The molecule has 1 unspecified atom stereocenters. The molecule has 1 saturated heterocycles. The smallest absolute Gasteiger partial charge is 0.144 e. The predicted molar refractivity (Wildman–Crippen MR) is 34.9 cm³/mol. The van der Waals surface area contributed by atoms with E-state index in [0.717, 1.165) is 12.4 Å². The number of ketones is 1. The number of thioether (sulfide) groups is 1. The molecule has 0 aliphatic carbocycles. The highest BCUT2D eigenvalue weighted by Crippen LogP contribution is 2.14. The lowest BCUT2D eigenvalue weighted by Crippen LogP contribution is -2.18. The Morgan fingerprint density at radius 1 is 1.88 bits per heavy atom. The Hall–Kier alpha value is -0.0200. The third-order valence-electron chi connectivity index (χ3n) is 1.17. The molecule has 46 valence electrons. The van der Waals surface area contributed by atoms with Crippen LogP contribution in [0.25, 0.3) is 0 Å². The van der Waals surface area contributed by atoms with Crippen LogP contribution in [0, 0.1) is 0 Å². The van der Waals surface area contributed by atoms with Gasteiger partial charge in [-0.2, -0.15) is 0 Å². The van der Waals surface area contributed by atoms with Gasteiger partial charge in [0, 0.05) is 12.4 Å². The molecule has 1 fully saturated rings. The maximum absolute atomic E-state index is 10.6. The van der Waals surface area contributed by atoms with Crippen LogP contribution in [0.4, 0.5) is 0 Å². The fraction of sp³-hybridized carbons (Fsp3) is 0.800. The van der Waals surface area contributed by atoms with Crippen LogP contribution in [0.3, 0.4) is 0 Å². The van der Waals surface area contributed by atoms with E-state index in [4.69, 9.17) is 0 Å². The Kier molecular flexibility index (Phi) is 1.91. The highest BCUT2D eigenvalue weighted by molar-refractivity contribution is 8.00. The van der Waals surface area contributed by atoms with Gasteiger partial charge in [0.15, 0.2) is 0 Å². The lowest BCUT2D eigenvalue weighted by Gasteiger charge is -1.97. The second kappa shape index (κ2) is 2.51. The van der Waals surface area contributed by atoms with Crippen molar-refractivity contribution in [2.24, 2.45) is 0 Å². The van der Waals surface area contributed by atoms with E-state index in [1.807, 2.05) is 0 Å². The van der Waals surface area contributed by atoms with Crippen LogP contribution in [0.1, 0.15) is 6.92 Å². The van der Waals surface area contributed by atoms with Crippen LogP contribution in [-0.4, -0.2) is 23.5 Å². The molecular formula is C5H9NOS. The van der Waals surface area contributed by atoms with E-state index in [-0.39, 0.29) is 5.25 Å². The molecule has 1 heterocycles. The van der Waals surface area contributed by atoms with Gasteiger partial charge in [0.2, 0.25) is 0 Å². The van der Waals surface area contributed by atoms with Crippen molar-refractivity contribution in [1.29, 1.82) is 0 Å². The first kappa shape index (κ1) is 6.11. The second-order valence-electron chi connectivity index (χ2n) is 1.86. The fourth-order valence-corrected chi connectivity index (χ4v) is 1.58. The first-order chi connectivity index (χ1) is 3.80. The van der Waals surface area contributed by atoms with E-state index < -0.39 is 0 Å². The van der Waals surface area contributed by atoms with Crippen LogP contribution in [0.5, 0.6) is 0 Å². The third kappa shape index (κ3) is 1.23. The Bertz CT molecular complexity index is 98.6. The molecule has 2 nitrogen and oxygen atoms in total. The number of rotatable bonds is 1. The Labute approximate surface area is 53.0 Å². The molecule has 0 aromatic heterocycles. The van der Waals surface area contributed by atoms with Crippen molar-refractivity contribution in [3.05, 3.63) is 0 Å². The van der Waals surface area contributed by atoms with E-state index in [9.17, 15) is 4.79 Å². The number of Topliss-reactive ketones (excluding diaryl/α,β-unsaturated/α-hetero) is 1. The maximum Gasteiger partial charge on any atom is 0.144 e. The summed E-state index contributed by atoms with van der Waals surface area (Å²) in [7, 11) is 0. The van der Waals surface area contributed by atoms with Crippen LogP contribution in [-0.2, 0) is 4.79 Å². The van der Waals surface area contributed by atoms with Crippen LogP contribution in [0.2, 0.25) is 0 Å². The molecule has 0 bridgehead atoms. The molecular weight excluding hydrogens is 122 g/mol. The van der Waals surface area contributed by atoms with Crippen molar-refractivity contribution in [3.8, 4) is 0 Å². The average molecular weight is 131 g/mol. The summed E-state index contributed by atoms with van der Waals surface area (Å²) in [6.45, 7) is 2.50. The summed E-state index contributed by atoms with van der Waals surface area (Å²) in [4.78, 5) is 10.6. The minimum absolute atomic E-state index is 0.231. The minimum Gasteiger partial charge on any atom is -0.306 e. The summed E-state index contributed by atoms with van der Waals surface area (Å²) >= 11 is 1.69. The van der Waals surface area contributed by atoms with Gasteiger partial charge < -0.3 is 5.32 Å². The number of nitrogens with one attached hydrogen (secondary N) is 1. The number of carbonyl (C=O) groups excluding carboxylic acids is 1. The quantitative estimate of drug-likeness (QED) is 0.552. The van der Waals surface area contributed by atoms with Gasteiger partial charge in [0.25, 0.3) is 0 Å². The number of hydrogen-bond acceptors (Lipinski definition) is 3. The summed E-state index contributed by atoms with van der Waals surface area (Å²) in [5, 5.41) is 3.33. The molecule has 0 spiro atoms. The largest absolute Gasteiger partial charge is 0.306 e. The summed E-state index contributed by atoms with van der Waals surface area (Å²) < 4.78 is 0. The zero-order chi connectivity index (χ0) is 5.98. The highest BCUT2D eigenvalue weighted by Gasteiger charge is 2.18. The van der Waals surface area contributed by atoms with Crippen molar-refractivity contribution in [2.75, 3.05) is 12.4 Å². The number of hydrogen-bond donors (Lipinski definition) is 1. The molecule has 1 aliphatic rings. The summed E-state index contributed by atoms with van der Waals surface area (Å²) in [5.41, 5.74) is 0. The molecule has 0 aromatic carbocycles. The fourth-order valence-electron chi connectivity index (χ4n) is 0.670. The average Bonchev–Trinajstić information content (AvgIpc) is 2.12. The monoisotopic (exact) mass is 131 g/mol. The standard InChI is InChI=1S/C5H9NOS/c1-4(7)5-2-6-3-8-5/h5-6H,2-3H2,1H3. The summed E-state index contributed by atoms with van der Waals surface area (Å²) in [6, 6.07) is 0. The molecule has 1 atom stereocenters. The molecule has 1 aliphatic heterocycles. The topological polar surface area (TPSA) is 29.1 Å². The molecule has 0 amide bonds. The Balaban J connectivity index is 2.35. The lowest BCUT2D eigenvalue weighted by molar-refractivity contribution is -0.116. The first-order valence-electron chi connectivity index (χ1n) is 2.63. The van der Waals surface area contributed by atoms with Crippen molar-refractivity contribution in [2.45, 2.75) is 12.2 Å². The van der Waals surface area contributed by atoms with E-state index >= 15 is 0 Å². The normalized spacial score (nSPS) is 28.4. The van der Waals surface area contributed by atoms with Crippen molar-refractivity contribution >= 4 is 17.5 Å². The first-order valence-corrected chi connectivity index (χ1v) is 3.68. The predicted octanol–water partition coefficient (Wildman–Crippen LogP) is 0.238. The summed E-state index contributed by atoms with van der Waals surface area (Å²) in [5.74, 6) is 1.23. The second-order valence-corrected chi connectivity index (χ2v) is 3.06. The van der Waals surface area contributed by atoms with Crippen molar-refractivity contribution in [3.63, 3.8) is 0 Å². The lowest BCUT2D eigenvalue weighted by atomic mass is 10.3. The van der Waals surface area contributed by atoms with Gasteiger partial charge in [-0.15, -0.1) is 11.8 Å². The third-order valence-corrected chi connectivity index (χ3v) is 2.44. The zero-order valence-electron chi connectivity index (χ0n) is 4.81. The van der Waals surface area contributed by atoms with Crippen molar-refractivity contribution < 1.29 is 4.79 Å². The molecule has 1 rings (SSSR count). The maximum atomic E-state index is 10.6. The van der Waals surface area contributed by atoms with Crippen LogP contribution in [0.15, 0.2) is 0 Å². The van der Waals surface area contributed by atoms with Crippen LogP contribution >= 0.6 is 11.8 Å². The molecule has 0 radical (unpaired) electrons. The highest BCUT2D eigenvalue weighted by atomic mass is 32.2. The van der Waals surface area contributed by atoms with E-state index in [1.165, 1.54) is 0 Å². The van der Waals surface area contributed by atoms with Gasteiger partial charge in [-0.05, 0) is 6.92 Å². The Morgan fingerprint density at radius 3 is 2.88 bits per heavy atom. The van der Waals surface area contributed by atoms with Crippen LogP contribution < -0.4 is 5.32 Å². The van der Waals surface area contributed by atoms with Crippen molar-refractivity contribution in [1.82, 2.24) is 5.32 Å². The minimum atomic E-state index is 0.231. The van der Waals surface area contributed by atoms with Gasteiger partial charge in [-0.1, -0.05) is 0 Å². The SMILES string of the molecule is CC(=O)C1CNCS1. The van der Waals surface area contributed by atoms with Gasteiger partial charge in [0.05, 0.1) is 5.25 Å². The number of carbonyl (C=O) groups is 1. The van der Waals surface area contributed by atoms with Gasteiger partial charge in [-0.3, -0.25) is 4.79 Å². The molecule has 0 saturated carbocycles. The van der Waals surface area contributed by atoms with Gasteiger partial charge >= 0.3 is 0 Å². The molecule has 1 N–H and O–H groups in total. The van der Waals surface area contributed by atoms with Gasteiger partial charge in [-0.25, -0.2) is 0 Å². The van der Waals surface area contributed by atoms with E-state index in [2.05, 4.69) is 5.32 Å². The Morgan fingerprint density at radius 2 is 2.62 bits per heavy atom. The molecule has 8 heavy (non-hydrogen) atoms. The zero-order valence-corrected chi connectivity index (χ0v) is 5.62. The molecule has 3 heteroatoms.